The van der Waals surface area contributed by atoms with Gasteiger partial charge in [0.25, 0.3) is 0 Å². The Labute approximate surface area is 132 Å². The first-order valence-corrected chi connectivity index (χ1v) is 8.08. The van der Waals surface area contributed by atoms with Gasteiger partial charge in [0.05, 0.1) is 22.3 Å². The number of para-hydroxylation sites is 3. The Balaban J connectivity index is 1.66. The summed E-state index contributed by atoms with van der Waals surface area (Å²) in [5, 5.41) is 2.10. The molecule has 5 heteroatoms. The molecule has 108 valence electrons. The maximum Gasteiger partial charge on any atom is 0.127 e. The minimum atomic E-state index is 0.759. The normalized spacial score (nSPS) is 11.3. The molecule has 0 aliphatic rings. The van der Waals surface area contributed by atoms with Crippen LogP contribution in [-0.2, 0) is 5.75 Å². The highest BCUT2D eigenvalue weighted by Crippen LogP contribution is 2.27. The van der Waals surface area contributed by atoms with Gasteiger partial charge in [-0.2, -0.15) is 0 Å². The molecule has 4 nitrogen and oxygen atoms in total. The lowest BCUT2D eigenvalue weighted by atomic mass is 10.2. The van der Waals surface area contributed by atoms with Crippen molar-refractivity contribution in [3.63, 3.8) is 0 Å². The van der Waals surface area contributed by atoms with Crippen LogP contribution >= 0.6 is 11.8 Å². The standard InChI is InChI=1S/C17H14N4S/c1-11-18-13-7-3-2-6-12(13)17(19-11)22-10-16-20-14-8-4-5-9-15(14)21-16/h2-9H,10H2,1H3,(H,20,21). The lowest BCUT2D eigenvalue weighted by Crippen LogP contribution is -1.93. The third kappa shape index (κ3) is 2.44. The molecule has 2 heterocycles. The second-order valence-corrected chi connectivity index (χ2v) is 6.05. The van der Waals surface area contributed by atoms with Crippen molar-refractivity contribution in [3.05, 3.63) is 60.2 Å². The smallest absolute Gasteiger partial charge is 0.127 e. The van der Waals surface area contributed by atoms with E-state index in [1.165, 1.54) is 0 Å². The number of aromatic nitrogens is 4. The van der Waals surface area contributed by atoms with Crippen LogP contribution in [0, 0.1) is 6.92 Å². The van der Waals surface area contributed by atoms with Gasteiger partial charge in [0, 0.05) is 5.39 Å². The van der Waals surface area contributed by atoms with E-state index in [2.05, 4.69) is 26.0 Å². The molecule has 0 aliphatic carbocycles. The number of aromatic amines is 1. The molecule has 2 aromatic heterocycles. The van der Waals surface area contributed by atoms with Gasteiger partial charge in [0.1, 0.15) is 16.7 Å². The predicted molar refractivity (Wildman–Crippen MR) is 89.9 cm³/mol. The van der Waals surface area contributed by atoms with Crippen molar-refractivity contribution >= 4 is 33.7 Å². The number of imidazole rings is 1. The Bertz CT molecular complexity index is 928. The summed E-state index contributed by atoms with van der Waals surface area (Å²) in [6, 6.07) is 16.2. The van der Waals surface area contributed by atoms with Crippen LogP contribution in [0.2, 0.25) is 0 Å². The van der Waals surface area contributed by atoms with E-state index in [0.29, 0.717) is 0 Å². The van der Waals surface area contributed by atoms with Crippen molar-refractivity contribution in [2.75, 3.05) is 0 Å². The van der Waals surface area contributed by atoms with Gasteiger partial charge in [-0.25, -0.2) is 15.0 Å². The van der Waals surface area contributed by atoms with Crippen LogP contribution in [-0.4, -0.2) is 19.9 Å². The monoisotopic (exact) mass is 306 g/mol. The summed E-state index contributed by atoms with van der Waals surface area (Å²) in [5.74, 6) is 2.52. The van der Waals surface area contributed by atoms with Gasteiger partial charge in [-0.15, -0.1) is 0 Å². The van der Waals surface area contributed by atoms with Crippen LogP contribution in [0.4, 0.5) is 0 Å². The van der Waals surface area contributed by atoms with Gasteiger partial charge in [-0.1, -0.05) is 42.1 Å². The lowest BCUT2D eigenvalue weighted by molar-refractivity contribution is 1.01. The number of nitrogens with one attached hydrogen (secondary N) is 1. The molecule has 0 unspecified atom stereocenters. The second kappa shape index (κ2) is 5.42. The molecule has 4 rings (SSSR count). The molecule has 0 bridgehead atoms. The summed E-state index contributed by atoms with van der Waals surface area (Å²) < 4.78 is 0. The number of hydrogen-bond donors (Lipinski definition) is 1. The Morgan fingerprint density at radius 2 is 1.68 bits per heavy atom. The Hall–Kier alpha value is -2.40. The summed E-state index contributed by atoms with van der Waals surface area (Å²) in [5.41, 5.74) is 3.06. The largest absolute Gasteiger partial charge is 0.341 e. The van der Waals surface area contributed by atoms with Gasteiger partial charge in [0.15, 0.2) is 0 Å². The van der Waals surface area contributed by atoms with E-state index in [-0.39, 0.29) is 0 Å². The number of thioether (sulfide) groups is 1. The highest BCUT2D eigenvalue weighted by atomic mass is 32.2. The molecule has 2 aromatic carbocycles. The van der Waals surface area contributed by atoms with E-state index in [1.807, 2.05) is 49.4 Å². The van der Waals surface area contributed by atoms with Crippen LogP contribution in [0.1, 0.15) is 11.6 Å². The van der Waals surface area contributed by atoms with E-state index in [0.717, 1.165) is 44.4 Å². The first-order chi connectivity index (χ1) is 10.8. The number of rotatable bonds is 3. The summed E-state index contributed by atoms with van der Waals surface area (Å²) in [6.07, 6.45) is 0. The molecule has 22 heavy (non-hydrogen) atoms. The molecule has 0 fully saturated rings. The molecule has 0 amide bonds. The zero-order valence-electron chi connectivity index (χ0n) is 12.1. The van der Waals surface area contributed by atoms with E-state index in [9.17, 15) is 0 Å². The molecule has 0 radical (unpaired) electrons. The van der Waals surface area contributed by atoms with E-state index in [4.69, 9.17) is 0 Å². The molecule has 1 N–H and O–H groups in total. The van der Waals surface area contributed by atoms with Crippen molar-refractivity contribution in [3.8, 4) is 0 Å². The van der Waals surface area contributed by atoms with Crippen LogP contribution < -0.4 is 0 Å². The second-order valence-electron chi connectivity index (χ2n) is 5.08. The SMILES string of the molecule is Cc1nc(SCc2nc3ccccc3[nH]2)c2ccccc2n1. The Morgan fingerprint density at radius 3 is 2.55 bits per heavy atom. The summed E-state index contributed by atoms with van der Waals surface area (Å²) in [7, 11) is 0. The topological polar surface area (TPSA) is 54.5 Å². The number of aryl methyl sites for hydroxylation is 1. The summed E-state index contributed by atoms with van der Waals surface area (Å²) in [4.78, 5) is 17.0. The van der Waals surface area contributed by atoms with Crippen molar-refractivity contribution in [2.45, 2.75) is 17.7 Å². The molecule has 0 saturated heterocycles. The predicted octanol–water partition coefficient (Wildman–Crippen LogP) is 4.11. The molecule has 4 aromatic rings. The van der Waals surface area contributed by atoms with Gasteiger partial charge in [0.2, 0.25) is 0 Å². The average molecular weight is 306 g/mol. The molecular weight excluding hydrogens is 292 g/mol. The molecular formula is C17H14N4S. The highest BCUT2D eigenvalue weighted by molar-refractivity contribution is 7.98. The molecule has 0 spiro atoms. The van der Waals surface area contributed by atoms with E-state index in [1.54, 1.807) is 11.8 Å². The number of benzene rings is 2. The van der Waals surface area contributed by atoms with E-state index >= 15 is 0 Å². The Morgan fingerprint density at radius 1 is 0.909 bits per heavy atom. The van der Waals surface area contributed by atoms with Crippen molar-refractivity contribution in [1.29, 1.82) is 0 Å². The molecule has 0 aliphatic heterocycles. The third-order valence-electron chi connectivity index (χ3n) is 3.46. The highest BCUT2D eigenvalue weighted by Gasteiger charge is 2.08. The zero-order valence-corrected chi connectivity index (χ0v) is 12.9. The maximum absolute atomic E-state index is 4.61. The molecule has 0 atom stereocenters. The van der Waals surface area contributed by atoms with Crippen LogP contribution in [0.3, 0.4) is 0 Å². The lowest BCUT2D eigenvalue weighted by Gasteiger charge is -2.05. The maximum atomic E-state index is 4.61. The van der Waals surface area contributed by atoms with Gasteiger partial charge in [-0.3, -0.25) is 0 Å². The van der Waals surface area contributed by atoms with Crippen molar-refractivity contribution in [1.82, 2.24) is 19.9 Å². The first-order valence-electron chi connectivity index (χ1n) is 7.09. The van der Waals surface area contributed by atoms with E-state index < -0.39 is 0 Å². The van der Waals surface area contributed by atoms with Crippen molar-refractivity contribution in [2.24, 2.45) is 0 Å². The molecule has 0 saturated carbocycles. The van der Waals surface area contributed by atoms with Crippen LogP contribution in [0.5, 0.6) is 0 Å². The fourth-order valence-corrected chi connectivity index (χ4v) is 3.41. The fourth-order valence-electron chi connectivity index (χ4n) is 2.48. The van der Waals surface area contributed by atoms with Gasteiger partial charge in [-0.05, 0) is 25.1 Å². The van der Waals surface area contributed by atoms with Gasteiger partial charge < -0.3 is 4.98 Å². The number of fused-ring (bicyclic) bond motifs is 2. The summed E-state index contributed by atoms with van der Waals surface area (Å²) >= 11 is 1.69. The minimum absolute atomic E-state index is 0.759. The minimum Gasteiger partial charge on any atom is -0.341 e. The Kier molecular flexibility index (Phi) is 3.27. The zero-order chi connectivity index (χ0) is 14.9. The van der Waals surface area contributed by atoms with Gasteiger partial charge >= 0.3 is 0 Å². The third-order valence-corrected chi connectivity index (χ3v) is 4.47. The quantitative estimate of drug-likeness (QED) is 0.457. The number of H-pyrrole nitrogens is 1. The van der Waals surface area contributed by atoms with Crippen LogP contribution in [0.25, 0.3) is 21.9 Å². The summed E-state index contributed by atoms with van der Waals surface area (Å²) in [6.45, 7) is 1.93. The van der Waals surface area contributed by atoms with Crippen LogP contribution in [0.15, 0.2) is 53.6 Å². The fraction of sp³-hybridized carbons (Fsp3) is 0.118. The number of hydrogen-bond acceptors (Lipinski definition) is 4. The van der Waals surface area contributed by atoms with Crippen molar-refractivity contribution < 1.29 is 0 Å². The first kappa shape index (κ1) is 13.3. The average Bonchev–Trinajstić information content (AvgIpc) is 2.95. The number of nitrogens with zero attached hydrogens (tertiary/aromatic N) is 3.